The fourth-order valence-electron chi connectivity index (χ4n) is 1.96. The molecule has 1 unspecified atom stereocenters. The Hall–Kier alpha value is -0.140. The average molecular weight is 409 g/mol. The molecule has 1 atom stereocenters. The molecule has 1 aromatic rings. The number of hydrogen-bond acceptors (Lipinski definition) is 2. The molecule has 1 N–H and O–H groups in total. The summed E-state index contributed by atoms with van der Waals surface area (Å²) in [7, 11) is 0. The van der Waals surface area contributed by atoms with Gasteiger partial charge in [0.15, 0.2) is 0 Å². The summed E-state index contributed by atoms with van der Waals surface area (Å²) in [5.41, 5.74) is 0.786. The van der Waals surface area contributed by atoms with E-state index in [1.165, 1.54) is 0 Å². The van der Waals surface area contributed by atoms with Crippen molar-refractivity contribution in [1.82, 2.24) is 10.2 Å². The van der Waals surface area contributed by atoms with E-state index >= 15 is 0 Å². The van der Waals surface area contributed by atoms with Gasteiger partial charge in [-0.05, 0) is 47.7 Å². The van der Waals surface area contributed by atoms with Crippen molar-refractivity contribution in [2.75, 3.05) is 19.6 Å². The SMILES string of the molecule is CC1CNCCN1C(=O)c1cc(Br)ccc1I. The van der Waals surface area contributed by atoms with Crippen LogP contribution in [0.2, 0.25) is 0 Å². The van der Waals surface area contributed by atoms with Gasteiger partial charge in [0, 0.05) is 33.7 Å². The predicted octanol–water partition coefficient (Wildman–Crippen LogP) is 2.49. The van der Waals surface area contributed by atoms with Crippen molar-refractivity contribution in [2.45, 2.75) is 13.0 Å². The molecule has 1 aliphatic rings. The van der Waals surface area contributed by atoms with Crippen molar-refractivity contribution in [3.63, 3.8) is 0 Å². The van der Waals surface area contributed by atoms with E-state index in [0.717, 1.165) is 33.2 Å². The van der Waals surface area contributed by atoms with E-state index in [0.29, 0.717) is 0 Å². The van der Waals surface area contributed by atoms with Gasteiger partial charge in [-0.1, -0.05) is 15.9 Å². The first kappa shape index (κ1) is 13.3. The molecule has 17 heavy (non-hydrogen) atoms. The van der Waals surface area contributed by atoms with Crippen LogP contribution < -0.4 is 5.32 Å². The van der Waals surface area contributed by atoms with E-state index in [-0.39, 0.29) is 11.9 Å². The summed E-state index contributed by atoms with van der Waals surface area (Å²) in [6.07, 6.45) is 0. The molecule has 0 radical (unpaired) electrons. The van der Waals surface area contributed by atoms with Gasteiger partial charge in [0.05, 0.1) is 5.56 Å². The average Bonchev–Trinajstić information content (AvgIpc) is 2.32. The second-order valence-electron chi connectivity index (χ2n) is 4.18. The number of carbonyl (C=O) groups is 1. The van der Waals surface area contributed by atoms with E-state index in [1.807, 2.05) is 23.1 Å². The first-order valence-corrected chi connectivity index (χ1v) is 7.43. The van der Waals surface area contributed by atoms with Crippen LogP contribution in [-0.2, 0) is 0 Å². The Morgan fingerprint density at radius 3 is 3.06 bits per heavy atom. The molecular formula is C12H14BrIN2O. The van der Waals surface area contributed by atoms with Crippen LogP contribution >= 0.6 is 38.5 Å². The second-order valence-corrected chi connectivity index (χ2v) is 6.25. The Kier molecular flexibility index (Phi) is 4.43. The normalized spacial score (nSPS) is 20.4. The predicted molar refractivity (Wildman–Crippen MR) is 80.2 cm³/mol. The fourth-order valence-corrected chi connectivity index (χ4v) is 2.89. The number of amides is 1. The third-order valence-electron chi connectivity index (χ3n) is 2.92. The van der Waals surface area contributed by atoms with Crippen molar-refractivity contribution in [3.05, 3.63) is 31.8 Å². The van der Waals surface area contributed by atoms with Crippen LogP contribution in [0.15, 0.2) is 22.7 Å². The highest BCUT2D eigenvalue weighted by Gasteiger charge is 2.25. The fraction of sp³-hybridized carbons (Fsp3) is 0.417. The van der Waals surface area contributed by atoms with Crippen LogP contribution in [0.4, 0.5) is 0 Å². The van der Waals surface area contributed by atoms with Crippen molar-refractivity contribution in [2.24, 2.45) is 0 Å². The molecule has 0 aromatic heterocycles. The molecule has 1 aliphatic heterocycles. The number of carbonyl (C=O) groups excluding carboxylic acids is 1. The summed E-state index contributed by atoms with van der Waals surface area (Å²) in [5, 5.41) is 3.29. The molecule has 0 aliphatic carbocycles. The minimum absolute atomic E-state index is 0.129. The number of piperazine rings is 1. The molecule has 1 amide bonds. The van der Waals surface area contributed by atoms with Gasteiger partial charge in [-0.15, -0.1) is 0 Å². The summed E-state index contributed by atoms with van der Waals surface area (Å²) in [6, 6.07) is 6.08. The minimum atomic E-state index is 0.129. The molecule has 1 heterocycles. The maximum Gasteiger partial charge on any atom is 0.255 e. The van der Waals surface area contributed by atoms with Gasteiger partial charge in [0.1, 0.15) is 0 Å². The van der Waals surface area contributed by atoms with Crippen LogP contribution in [0.25, 0.3) is 0 Å². The first-order chi connectivity index (χ1) is 8.09. The molecular weight excluding hydrogens is 395 g/mol. The summed E-state index contributed by atoms with van der Waals surface area (Å²) in [4.78, 5) is 14.4. The van der Waals surface area contributed by atoms with Crippen molar-refractivity contribution in [3.8, 4) is 0 Å². The number of benzene rings is 1. The Morgan fingerprint density at radius 1 is 1.59 bits per heavy atom. The highest BCUT2D eigenvalue weighted by Crippen LogP contribution is 2.21. The topological polar surface area (TPSA) is 32.3 Å². The Morgan fingerprint density at radius 2 is 2.35 bits per heavy atom. The highest BCUT2D eigenvalue weighted by atomic mass is 127. The summed E-state index contributed by atoms with van der Waals surface area (Å²) in [5.74, 6) is 0.129. The molecule has 1 aromatic carbocycles. The molecule has 0 saturated carbocycles. The smallest absolute Gasteiger partial charge is 0.255 e. The molecule has 3 nitrogen and oxygen atoms in total. The third-order valence-corrected chi connectivity index (χ3v) is 4.35. The van der Waals surface area contributed by atoms with Crippen molar-refractivity contribution >= 4 is 44.4 Å². The zero-order valence-electron chi connectivity index (χ0n) is 9.54. The van der Waals surface area contributed by atoms with Crippen LogP contribution in [0.1, 0.15) is 17.3 Å². The van der Waals surface area contributed by atoms with Crippen LogP contribution in [0.5, 0.6) is 0 Å². The zero-order valence-corrected chi connectivity index (χ0v) is 13.3. The van der Waals surface area contributed by atoms with Crippen LogP contribution in [-0.4, -0.2) is 36.5 Å². The third kappa shape index (κ3) is 3.00. The van der Waals surface area contributed by atoms with Gasteiger partial charge in [-0.3, -0.25) is 4.79 Å². The molecule has 1 fully saturated rings. The lowest BCUT2D eigenvalue weighted by atomic mass is 10.1. The number of rotatable bonds is 1. The Balaban J connectivity index is 2.26. The molecule has 2 rings (SSSR count). The number of halogens is 2. The number of nitrogens with one attached hydrogen (secondary N) is 1. The van der Waals surface area contributed by atoms with Crippen molar-refractivity contribution in [1.29, 1.82) is 0 Å². The molecule has 0 bridgehead atoms. The lowest BCUT2D eigenvalue weighted by Gasteiger charge is -2.34. The lowest BCUT2D eigenvalue weighted by Crippen LogP contribution is -2.52. The highest BCUT2D eigenvalue weighted by molar-refractivity contribution is 14.1. The maximum atomic E-state index is 12.5. The maximum absolute atomic E-state index is 12.5. The van der Waals surface area contributed by atoms with Gasteiger partial charge in [0.2, 0.25) is 0 Å². The van der Waals surface area contributed by atoms with Gasteiger partial charge in [-0.2, -0.15) is 0 Å². The molecule has 0 spiro atoms. The number of nitrogens with zero attached hydrogens (tertiary/aromatic N) is 1. The minimum Gasteiger partial charge on any atom is -0.333 e. The first-order valence-electron chi connectivity index (χ1n) is 5.56. The van der Waals surface area contributed by atoms with E-state index in [2.05, 4.69) is 50.8 Å². The molecule has 5 heteroatoms. The van der Waals surface area contributed by atoms with Gasteiger partial charge in [-0.25, -0.2) is 0 Å². The van der Waals surface area contributed by atoms with Gasteiger partial charge >= 0.3 is 0 Å². The van der Waals surface area contributed by atoms with Gasteiger partial charge in [0.25, 0.3) is 5.91 Å². The molecule has 92 valence electrons. The largest absolute Gasteiger partial charge is 0.333 e. The van der Waals surface area contributed by atoms with E-state index in [4.69, 9.17) is 0 Å². The Bertz CT molecular complexity index is 439. The molecule has 1 saturated heterocycles. The monoisotopic (exact) mass is 408 g/mol. The number of hydrogen-bond donors (Lipinski definition) is 1. The van der Waals surface area contributed by atoms with Gasteiger partial charge < -0.3 is 10.2 Å². The summed E-state index contributed by atoms with van der Waals surface area (Å²) >= 11 is 5.63. The summed E-state index contributed by atoms with van der Waals surface area (Å²) in [6.45, 7) is 4.61. The van der Waals surface area contributed by atoms with Crippen LogP contribution in [0.3, 0.4) is 0 Å². The summed E-state index contributed by atoms with van der Waals surface area (Å²) < 4.78 is 1.95. The van der Waals surface area contributed by atoms with Crippen molar-refractivity contribution < 1.29 is 4.79 Å². The standard InChI is InChI=1S/C12H14BrIN2O/c1-8-7-15-4-5-16(8)12(17)10-6-9(13)2-3-11(10)14/h2-3,6,8,15H,4-5,7H2,1H3. The second kappa shape index (κ2) is 5.67. The zero-order chi connectivity index (χ0) is 12.4. The quantitative estimate of drug-likeness (QED) is 0.724. The Labute approximate surface area is 123 Å². The van der Waals surface area contributed by atoms with E-state index in [9.17, 15) is 4.79 Å². The lowest BCUT2D eigenvalue weighted by molar-refractivity contribution is 0.0654. The van der Waals surface area contributed by atoms with E-state index < -0.39 is 0 Å². The van der Waals surface area contributed by atoms with Crippen LogP contribution in [0, 0.1) is 3.57 Å². The van der Waals surface area contributed by atoms with E-state index in [1.54, 1.807) is 0 Å².